The van der Waals surface area contributed by atoms with Gasteiger partial charge in [0.1, 0.15) is 12.6 Å². The van der Waals surface area contributed by atoms with Crippen molar-refractivity contribution in [2.45, 2.75) is 24.3 Å². The zero-order valence-electron chi connectivity index (χ0n) is 15.0. The van der Waals surface area contributed by atoms with Crippen LogP contribution in [-0.4, -0.2) is 52.2 Å². The molecule has 144 valence electrons. The third-order valence-electron chi connectivity index (χ3n) is 6.33. The summed E-state index contributed by atoms with van der Waals surface area (Å²) in [6.45, 7) is -0.275. The van der Waals surface area contributed by atoms with Crippen molar-refractivity contribution in [3.05, 3.63) is 65.2 Å². The Bertz CT molecular complexity index is 1130. The van der Waals surface area contributed by atoms with Crippen LogP contribution in [0.25, 0.3) is 0 Å². The molecule has 0 saturated carbocycles. The van der Waals surface area contributed by atoms with E-state index in [0.717, 1.165) is 4.90 Å². The number of alkyl halides is 1. The topological polar surface area (TPSA) is 78.0 Å². The standard InChI is InChI=1S/C21H14FN3O4/c22-21-9-15(25-17(27)11-5-1-2-6-12(11)18(25)28)19(29)23-10-16(26)24(20(21)23)14-8-4-3-7-13(14)21/h1-8,15,20H,9-10H2/t15-,20+,21+/m0/s1. The van der Waals surface area contributed by atoms with Crippen LogP contribution >= 0.6 is 0 Å². The van der Waals surface area contributed by atoms with Crippen LogP contribution in [-0.2, 0) is 15.3 Å². The maximum Gasteiger partial charge on any atom is 0.262 e. The molecular formula is C21H14FN3O4. The number of anilines is 1. The summed E-state index contributed by atoms with van der Waals surface area (Å²) in [4.78, 5) is 55.0. The van der Waals surface area contributed by atoms with Crippen molar-refractivity contribution in [1.29, 1.82) is 0 Å². The highest BCUT2D eigenvalue weighted by atomic mass is 19.1. The third-order valence-corrected chi connectivity index (χ3v) is 6.33. The molecule has 4 heterocycles. The lowest BCUT2D eigenvalue weighted by molar-refractivity contribution is -0.148. The third kappa shape index (κ3) is 1.77. The largest absolute Gasteiger partial charge is 0.307 e. The molecule has 0 bridgehead atoms. The fourth-order valence-electron chi connectivity index (χ4n) is 5.14. The fourth-order valence-corrected chi connectivity index (χ4v) is 5.14. The molecule has 0 aromatic heterocycles. The zero-order valence-corrected chi connectivity index (χ0v) is 15.0. The van der Waals surface area contributed by atoms with Gasteiger partial charge in [-0.15, -0.1) is 0 Å². The zero-order chi connectivity index (χ0) is 20.1. The minimum absolute atomic E-state index is 0.200. The molecule has 8 heteroatoms. The molecule has 2 fully saturated rings. The number of imide groups is 1. The van der Waals surface area contributed by atoms with E-state index in [1.807, 2.05) is 0 Å². The minimum Gasteiger partial charge on any atom is -0.307 e. The van der Waals surface area contributed by atoms with E-state index in [4.69, 9.17) is 0 Å². The van der Waals surface area contributed by atoms with Crippen molar-refractivity contribution < 1.29 is 23.6 Å². The molecule has 3 atom stereocenters. The molecule has 7 nitrogen and oxygen atoms in total. The lowest BCUT2D eigenvalue weighted by atomic mass is 9.83. The van der Waals surface area contributed by atoms with Crippen molar-refractivity contribution in [2.75, 3.05) is 11.4 Å². The molecule has 0 radical (unpaired) electrons. The number of hydrogen-bond acceptors (Lipinski definition) is 4. The highest BCUT2D eigenvalue weighted by Gasteiger charge is 2.67. The van der Waals surface area contributed by atoms with Gasteiger partial charge in [-0.1, -0.05) is 30.3 Å². The summed E-state index contributed by atoms with van der Waals surface area (Å²) in [6, 6.07) is 11.6. The molecule has 4 aliphatic rings. The molecule has 2 aromatic rings. The number of para-hydroxylation sites is 1. The predicted octanol–water partition coefficient (Wildman–Crippen LogP) is 1.43. The molecule has 2 saturated heterocycles. The Hall–Kier alpha value is -3.55. The Morgan fingerprint density at radius 1 is 0.862 bits per heavy atom. The van der Waals surface area contributed by atoms with Crippen LogP contribution in [0.4, 0.5) is 10.1 Å². The van der Waals surface area contributed by atoms with Crippen LogP contribution in [0.1, 0.15) is 32.7 Å². The molecule has 0 spiro atoms. The summed E-state index contributed by atoms with van der Waals surface area (Å²) in [7, 11) is 0. The number of fused-ring (bicyclic) bond motifs is 4. The Morgan fingerprint density at radius 2 is 1.48 bits per heavy atom. The van der Waals surface area contributed by atoms with Crippen molar-refractivity contribution in [2.24, 2.45) is 0 Å². The summed E-state index contributed by atoms with van der Waals surface area (Å²) in [5, 5.41) is 0. The highest BCUT2D eigenvalue weighted by Crippen LogP contribution is 2.55. The fraction of sp³-hybridized carbons (Fsp3) is 0.238. The summed E-state index contributed by atoms with van der Waals surface area (Å²) in [5.41, 5.74) is -0.922. The van der Waals surface area contributed by atoms with Gasteiger partial charge in [0, 0.05) is 12.0 Å². The van der Waals surface area contributed by atoms with Gasteiger partial charge in [0.25, 0.3) is 11.8 Å². The first-order valence-electron chi connectivity index (χ1n) is 9.31. The van der Waals surface area contributed by atoms with Crippen LogP contribution in [0, 0.1) is 0 Å². The minimum atomic E-state index is -2.06. The summed E-state index contributed by atoms with van der Waals surface area (Å²) < 4.78 is 16.5. The van der Waals surface area contributed by atoms with Crippen molar-refractivity contribution >= 4 is 29.3 Å². The van der Waals surface area contributed by atoms with Crippen molar-refractivity contribution in [1.82, 2.24) is 9.80 Å². The van der Waals surface area contributed by atoms with Crippen LogP contribution < -0.4 is 4.90 Å². The van der Waals surface area contributed by atoms with E-state index in [1.54, 1.807) is 36.4 Å². The van der Waals surface area contributed by atoms with E-state index in [9.17, 15) is 19.2 Å². The number of nitrogens with zero attached hydrogens (tertiary/aromatic N) is 3. The van der Waals surface area contributed by atoms with E-state index in [1.165, 1.54) is 21.9 Å². The number of carbonyl (C=O) groups excluding carboxylic acids is 4. The molecule has 0 N–H and O–H groups in total. The van der Waals surface area contributed by atoms with Gasteiger partial charge in [0.05, 0.1) is 16.8 Å². The van der Waals surface area contributed by atoms with Crippen LogP contribution in [0.3, 0.4) is 0 Å². The number of rotatable bonds is 1. The second kappa shape index (κ2) is 5.08. The maximum atomic E-state index is 16.5. The molecule has 29 heavy (non-hydrogen) atoms. The lowest BCUT2D eigenvalue weighted by Crippen LogP contribution is -2.63. The highest BCUT2D eigenvalue weighted by molar-refractivity contribution is 6.23. The monoisotopic (exact) mass is 391 g/mol. The second-order valence-corrected chi connectivity index (χ2v) is 7.73. The predicted molar refractivity (Wildman–Crippen MR) is 97.6 cm³/mol. The van der Waals surface area contributed by atoms with E-state index in [0.29, 0.717) is 11.3 Å². The van der Waals surface area contributed by atoms with Crippen LogP contribution in [0.5, 0.6) is 0 Å². The van der Waals surface area contributed by atoms with E-state index in [-0.39, 0.29) is 30.0 Å². The molecule has 6 rings (SSSR count). The molecule has 4 amide bonds. The quantitative estimate of drug-likeness (QED) is 0.689. The Kier molecular flexibility index (Phi) is 2.87. The van der Waals surface area contributed by atoms with Gasteiger partial charge in [-0.2, -0.15) is 0 Å². The van der Waals surface area contributed by atoms with Crippen LogP contribution in [0.15, 0.2) is 48.5 Å². The summed E-state index contributed by atoms with van der Waals surface area (Å²) in [6.07, 6.45) is -1.45. The number of benzene rings is 2. The average molecular weight is 391 g/mol. The Morgan fingerprint density at radius 3 is 2.17 bits per heavy atom. The number of carbonyl (C=O) groups is 4. The van der Waals surface area contributed by atoms with E-state index < -0.39 is 35.6 Å². The SMILES string of the molecule is O=C1[C@@H](N2C(=O)c3ccccc3C2=O)C[C@@]2(F)c3ccccc3N3C(=O)CN1[C@H]32. The number of amides is 4. The molecule has 4 aliphatic heterocycles. The number of piperidine rings is 1. The summed E-state index contributed by atoms with van der Waals surface area (Å²) >= 11 is 0. The van der Waals surface area contributed by atoms with Gasteiger partial charge in [0.2, 0.25) is 11.8 Å². The van der Waals surface area contributed by atoms with E-state index in [2.05, 4.69) is 0 Å². The second-order valence-electron chi connectivity index (χ2n) is 7.73. The first-order valence-corrected chi connectivity index (χ1v) is 9.31. The first kappa shape index (κ1) is 16.4. The van der Waals surface area contributed by atoms with E-state index >= 15 is 4.39 Å². The van der Waals surface area contributed by atoms with Gasteiger partial charge in [-0.3, -0.25) is 29.0 Å². The van der Waals surface area contributed by atoms with Gasteiger partial charge in [-0.05, 0) is 18.2 Å². The normalized spacial score (nSPS) is 29.5. The number of hydrogen-bond donors (Lipinski definition) is 0. The molecule has 0 unspecified atom stereocenters. The summed E-state index contributed by atoms with van der Waals surface area (Å²) in [5.74, 6) is -2.18. The number of halogens is 1. The molecular weight excluding hydrogens is 377 g/mol. The van der Waals surface area contributed by atoms with Gasteiger partial charge < -0.3 is 4.90 Å². The van der Waals surface area contributed by atoms with Crippen LogP contribution in [0.2, 0.25) is 0 Å². The maximum absolute atomic E-state index is 16.5. The van der Waals surface area contributed by atoms with Crippen molar-refractivity contribution in [3.8, 4) is 0 Å². The Balaban J connectivity index is 1.49. The van der Waals surface area contributed by atoms with Gasteiger partial charge in [-0.25, -0.2) is 4.39 Å². The van der Waals surface area contributed by atoms with Gasteiger partial charge in [0.15, 0.2) is 11.8 Å². The first-order chi connectivity index (χ1) is 13.9. The smallest absolute Gasteiger partial charge is 0.262 e. The van der Waals surface area contributed by atoms with Gasteiger partial charge >= 0.3 is 0 Å². The molecule has 2 aromatic carbocycles. The lowest BCUT2D eigenvalue weighted by Gasteiger charge is -2.43. The average Bonchev–Trinajstić information content (AvgIpc) is 3.30. The molecule has 0 aliphatic carbocycles. The van der Waals surface area contributed by atoms with Crippen molar-refractivity contribution in [3.63, 3.8) is 0 Å². The Labute approximate surface area is 164 Å².